The predicted molar refractivity (Wildman–Crippen MR) is 94.2 cm³/mol. The molecule has 116 valence electrons. The van der Waals surface area contributed by atoms with Crippen LogP contribution in [-0.4, -0.2) is 30.6 Å². The van der Waals surface area contributed by atoms with Crippen molar-refractivity contribution in [3.63, 3.8) is 0 Å². The molecule has 0 radical (unpaired) electrons. The number of hydrogen-bond acceptors (Lipinski definition) is 4. The van der Waals surface area contributed by atoms with E-state index < -0.39 is 0 Å². The van der Waals surface area contributed by atoms with Crippen LogP contribution >= 0.6 is 11.6 Å². The average Bonchev–Trinajstić information content (AvgIpc) is 2.54. The summed E-state index contributed by atoms with van der Waals surface area (Å²) in [6.45, 7) is 2.01. The smallest absolute Gasteiger partial charge is 0.223 e. The number of carbonyl (C=O) groups excluding carboxylic acids is 1. The normalized spacial score (nSPS) is 15.4. The van der Waals surface area contributed by atoms with E-state index in [0.29, 0.717) is 17.0 Å². The predicted octanol–water partition coefficient (Wildman–Crippen LogP) is 3.90. The molecule has 0 saturated carbocycles. The van der Waals surface area contributed by atoms with E-state index in [1.54, 1.807) is 18.3 Å². The summed E-state index contributed by atoms with van der Waals surface area (Å²) in [5, 5.41) is 0.137. The van der Waals surface area contributed by atoms with Crippen LogP contribution in [0.15, 0.2) is 52.6 Å². The average molecular weight is 326 g/mol. The molecule has 1 aliphatic carbocycles. The van der Waals surface area contributed by atoms with Crippen LogP contribution in [0.2, 0.25) is 0 Å². The molecule has 0 saturated heterocycles. The number of halogens is 1. The third-order valence-electron chi connectivity index (χ3n) is 3.72. The first-order valence-corrected chi connectivity index (χ1v) is 7.59. The van der Waals surface area contributed by atoms with Gasteiger partial charge >= 0.3 is 0 Å². The highest BCUT2D eigenvalue weighted by molar-refractivity contribution is 6.49. The Balaban J connectivity index is 2.11. The molecule has 0 N–H and O–H groups in total. The van der Waals surface area contributed by atoms with Gasteiger partial charge in [-0.1, -0.05) is 11.6 Å². The Labute approximate surface area is 140 Å². The number of carbonyl (C=O) groups is 1. The number of benzene rings is 1. The van der Waals surface area contributed by atoms with Crippen LogP contribution < -0.4 is 4.90 Å². The molecule has 2 aromatic rings. The highest BCUT2D eigenvalue weighted by Gasteiger charge is 2.24. The van der Waals surface area contributed by atoms with Crippen LogP contribution in [-0.2, 0) is 0 Å². The van der Waals surface area contributed by atoms with E-state index in [1.165, 1.54) is 0 Å². The highest BCUT2D eigenvalue weighted by atomic mass is 35.5. The number of Topliss-reactive ketones (excluding diaryl/α,β-unsaturated/α-hetero) is 1. The van der Waals surface area contributed by atoms with Gasteiger partial charge in [0.1, 0.15) is 5.69 Å². The molecule has 5 heteroatoms. The van der Waals surface area contributed by atoms with Gasteiger partial charge in [0.05, 0.1) is 16.4 Å². The van der Waals surface area contributed by atoms with Crippen LogP contribution in [0, 0.1) is 6.92 Å². The SMILES string of the molecule is Cc1cc(N(C)C)ccc1N=C1C=C(Cl)C(=O)c2ncccc21. The fourth-order valence-electron chi connectivity index (χ4n) is 2.43. The second-order valence-corrected chi connectivity index (χ2v) is 5.99. The lowest BCUT2D eigenvalue weighted by Gasteiger charge is -2.15. The maximum absolute atomic E-state index is 12.1. The van der Waals surface area contributed by atoms with Crippen molar-refractivity contribution in [2.24, 2.45) is 4.99 Å². The number of ketones is 1. The molecule has 1 aliphatic rings. The van der Waals surface area contributed by atoms with E-state index >= 15 is 0 Å². The molecule has 0 atom stereocenters. The lowest BCUT2D eigenvalue weighted by atomic mass is 9.99. The number of fused-ring (bicyclic) bond motifs is 1. The van der Waals surface area contributed by atoms with E-state index in [-0.39, 0.29) is 10.8 Å². The van der Waals surface area contributed by atoms with Crippen LogP contribution in [0.5, 0.6) is 0 Å². The van der Waals surface area contributed by atoms with Gasteiger partial charge in [0.15, 0.2) is 0 Å². The minimum atomic E-state index is -0.263. The zero-order valence-corrected chi connectivity index (χ0v) is 13.9. The second kappa shape index (κ2) is 5.97. The summed E-state index contributed by atoms with van der Waals surface area (Å²) >= 11 is 6.05. The van der Waals surface area contributed by atoms with Crippen molar-refractivity contribution in [2.45, 2.75) is 6.92 Å². The first-order valence-electron chi connectivity index (χ1n) is 7.21. The minimum Gasteiger partial charge on any atom is -0.378 e. The monoisotopic (exact) mass is 325 g/mol. The van der Waals surface area contributed by atoms with Crippen LogP contribution in [0.1, 0.15) is 21.6 Å². The summed E-state index contributed by atoms with van der Waals surface area (Å²) in [6.07, 6.45) is 3.19. The van der Waals surface area contributed by atoms with Gasteiger partial charge in [-0.25, -0.2) is 4.99 Å². The molecule has 0 unspecified atom stereocenters. The summed E-state index contributed by atoms with van der Waals surface area (Å²) in [6, 6.07) is 9.67. The first-order chi connectivity index (χ1) is 11.0. The van der Waals surface area contributed by atoms with E-state index in [4.69, 9.17) is 11.6 Å². The van der Waals surface area contributed by atoms with Gasteiger partial charge in [-0.05, 0) is 48.9 Å². The molecular weight excluding hydrogens is 310 g/mol. The van der Waals surface area contributed by atoms with Gasteiger partial charge in [-0.3, -0.25) is 9.78 Å². The second-order valence-electron chi connectivity index (χ2n) is 5.58. The van der Waals surface area contributed by atoms with Gasteiger partial charge in [-0.2, -0.15) is 0 Å². The van der Waals surface area contributed by atoms with Crippen LogP contribution in [0.25, 0.3) is 0 Å². The fourth-order valence-corrected chi connectivity index (χ4v) is 2.63. The number of anilines is 1. The van der Waals surface area contributed by atoms with Crippen molar-refractivity contribution < 1.29 is 4.79 Å². The van der Waals surface area contributed by atoms with Crippen LogP contribution in [0.4, 0.5) is 11.4 Å². The summed E-state index contributed by atoms with van der Waals surface area (Å²) in [7, 11) is 4.00. The summed E-state index contributed by atoms with van der Waals surface area (Å²) in [4.78, 5) is 22.9. The Morgan fingerprint density at radius 3 is 2.70 bits per heavy atom. The Morgan fingerprint density at radius 2 is 2.00 bits per heavy atom. The molecule has 1 heterocycles. The Hall–Kier alpha value is -2.46. The molecule has 0 aliphatic heterocycles. The summed E-state index contributed by atoms with van der Waals surface area (Å²) in [5.41, 5.74) is 4.71. The van der Waals surface area contributed by atoms with E-state index in [9.17, 15) is 4.79 Å². The number of aryl methyl sites for hydroxylation is 1. The van der Waals surface area contributed by atoms with Crippen molar-refractivity contribution in [3.8, 4) is 0 Å². The largest absolute Gasteiger partial charge is 0.378 e. The third kappa shape index (κ3) is 2.90. The van der Waals surface area contributed by atoms with Crippen molar-refractivity contribution in [1.29, 1.82) is 0 Å². The maximum atomic E-state index is 12.1. The summed E-state index contributed by atoms with van der Waals surface area (Å²) < 4.78 is 0. The van der Waals surface area contributed by atoms with Crippen molar-refractivity contribution in [3.05, 3.63) is 64.5 Å². The van der Waals surface area contributed by atoms with Gasteiger partial charge in [0, 0.05) is 31.5 Å². The minimum absolute atomic E-state index is 0.137. The molecule has 3 rings (SSSR count). The number of allylic oxidation sites excluding steroid dienone is 2. The molecule has 1 aromatic heterocycles. The van der Waals surface area contributed by atoms with Crippen molar-refractivity contribution in [1.82, 2.24) is 4.98 Å². The molecule has 0 fully saturated rings. The summed E-state index contributed by atoms with van der Waals surface area (Å²) in [5.74, 6) is -0.263. The molecule has 0 bridgehead atoms. The zero-order chi connectivity index (χ0) is 16.6. The first kappa shape index (κ1) is 15.4. The number of hydrogen-bond donors (Lipinski definition) is 0. The van der Waals surface area contributed by atoms with Gasteiger partial charge in [0.2, 0.25) is 5.78 Å². The molecule has 1 aromatic carbocycles. The molecule has 0 spiro atoms. The molecule has 23 heavy (non-hydrogen) atoms. The lowest BCUT2D eigenvalue weighted by molar-refractivity contribution is 0.103. The lowest BCUT2D eigenvalue weighted by Crippen LogP contribution is -2.16. The Kier molecular flexibility index (Phi) is 4.01. The highest BCUT2D eigenvalue weighted by Crippen LogP contribution is 2.28. The van der Waals surface area contributed by atoms with Crippen LogP contribution in [0.3, 0.4) is 0 Å². The Bertz CT molecular complexity index is 853. The maximum Gasteiger partial charge on any atom is 0.223 e. The van der Waals surface area contributed by atoms with Gasteiger partial charge < -0.3 is 4.90 Å². The number of pyridine rings is 1. The van der Waals surface area contributed by atoms with Crippen molar-refractivity contribution >= 4 is 34.5 Å². The fraction of sp³-hybridized carbons (Fsp3) is 0.167. The number of aromatic nitrogens is 1. The standard InChI is InChI=1S/C18H16ClN3O/c1-11-9-12(22(2)3)6-7-15(11)21-16-10-14(19)18(23)17-13(16)5-4-8-20-17/h4-10H,1-3H3. The van der Waals surface area contributed by atoms with Crippen molar-refractivity contribution in [2.75, 3.05) is 19.0 Å². The topological polar surface area (TPSA) is 45.6 Å². The van der Waals surface area contributed by atoms with E-state index in [2.05, 4.69) is 16.0 Å². The van der Waals surface area contributed by atoms with Gasteiger partial charge in [-0.15, -0.1) is 0 Å². The van der Waals surface area contributed by atoms with E-state index in [0.717, 1.165) is 16.9 Å². The zero-order valence-electron chi connectivity index (χ0n) is 13.2. The van der Waals surface area contributed by atoms with Gasteiger partial charge in [0.25, 0.3) is 0 Å². The Morgan fingerprint density at radius 1 is 1.22 bits per heavy atom. The quantitative estimate of drug-likeness (QED) is 0.841. The number of nitrogens with zero attached hydrogens (tertiary/aromatic N) is 3. The number of aliphatic imine (C=N–C) groups is 1. The third-order valence-corrected chi connectivity index (χ3v) is 4.00. The molecular formula is C18H16ClN3O. The molecule has 4 nitrogen and oxygen atoms in total. The number of rotatable bonds is 2. The molecule has 0 amide bonds. The van der Waals surface area contributed by atoms with E-state index in [1.807, 2.05) is 44.1 Å².